The van der Waals surface area contributed by atoms with Crippen molar-refractivity contribution in [3.63, 3.8) is 0 Å². The van der Waals surface area contributed by atoms with Crippen LogP contribution in [-0.2, 0) is 12.4 Å². The molecule has 0 spiro atoms. The average Bonchev–Trinajstić information content (AvgIpc) is 4.08. The topological polar surface area (TPSA) is 9.86 Å². The minimum absolute atomic E-state index is 0.153. The standard InChI is InChI=1S/C56H28F8N2S2/c57-35-19-7-1-13-29(35)49-51(55(59,60)61)50(30-14-2-8-20-36(30)58)54(66-38-22-10-4-16-32(38)46-40(66)26-28-44-48(46)34-18-6-12-24-42(34)68-44)52(56(62,63)64)53(49)65-37-21-9-3-15-31(37)45-39(65)25-27-43-47(45)33-17-5-11-23-41(33)67-43/h1-28H. The number of aromatic nitrogens is 2. The Labute approximate surface area is 387 Å². The van der Waals surface area contributed by atoms with Gasteiger partial charge in [-0.1, -0.05) is 109 Å². The highest BCUT2D eigenvalue weighted by Crippen LogP contribution is 2.58. The molecule has 0 radical (unpaired) electrons. The second kappa shape index (κ2) is 14.5. The molecule has 68 heavy (non-hydrogen) atoms. The molecule has 330 valence electrons. The zero-order valence-corrected chi connectivity index (χ0v) is 36.5. The van der Waals surface area contributed by atoms with Crippen molar-refractivity contribution >= 4 is 107 Å². The maximum Gasteiger partial charge on any atom is 0.420 e. The van der Waals surface area contributed by atoms with Crippen molar-refractivity contribution in [2.45, 2.75) is 12.4 Å². The molecule has 0 bridgehead atoms. The van der Waals surface area contributed by atoms with E-state index >= 15 is 35.1 Å². The predicted octanol–water partition coefficient (Wildman–Crippen LogP) is 18.3. The van der Waals surface area contributed by atoms with Gasteiger partial charge in [0.1, 0.15) is 17.2 Å². The van der Waals surface area contributed by atoms with Crippen molar-refractivity contribution < 1.29 is 35.1 Å². The molecule has 0 unspecified atom stereocenters. The summed E-state index contributed by atoms with van der Waals surface area (Å²) >= 11 is 2.97. The van der Waals surface area contributed by atoms with Crippen LogP contribution >= 0.6 is 22.7 Å². The van der Waals surface area contributed by atoms with Crippen molar-refractivity contribution in [3.05, 3.63) is 193 Å². The van der Waals surface area contributed by atoms with Gasteiger partial charge in [-0.25, -0.2) is 8.78 Å². The number of para-hydroxylation sites is 2. The van der Waals surface area contributed by atoms with Gasteiger partial charge in [0.25, 0.3) is 0 Å². The summed E-state index contributed by atoms with van der Waals surface area (Å²) in [5, 5.41) is 5.04. The molecule has 9 aromatic carbocycles. The van der Waals surface area contributed by atoms with Crippen LogP contribution in [0.1, 0.15) is 11.1 Å². The van der Waals surface area contributed by atoms with Crippen LogP contribution in [0.3, 0.4) is 0 Å². The van der Waals surface area contributed by atoms with Gasteiger partial charge in [-0.15, -0.1) is 22.7 Å². The van der Waals surface area contributed by atoms with Crippen LogP contribution in [0.15, 0.2) is 170 Å². The first-order valence-electron chi connectivity index (χ1n) is 21.5. The number of halogens is 8. The highest BCUT2D eigenvalue weighted by molar-refractivity contribution is 7.26. The molecular weight excluding hydrogens is 917 g/mol. The molecule has 0 amide bonds. The molecule has 13 rings (SSSR count). The molecule has 13 aromatic rings. The minimum Gasteiger partial charge on any atom is -0.308 e. The Hall–Kier alpha value is -7.54. The summed E-state index contributed by atoms with van der Waals surface area (Å²) in [6, 6.07) is 44.2. The number of nitrogens with zero attached hydrogens (tertiary/aromatic N) is 2. The molecule has 0 atom stereocenters. The third-order valence-corrected chi connectivity index (χ3v) is 15.4. The van der Waals surface area contributed by atoms with E-state index in [1.807, 2.05) is 48.5 Å². The first-order valence-corrected chi connectivity index (χ1v) is 23.1. The number of fused-ring (bicyclic) bond motifs is 14. The van der Waals surface area contributed by atoms with Crippen molar-refractivity contribution in [1.82, 2.24) is 9.13 Å². The highest BCUT2D eigenvalue weighted by atomic mass is 32.1. The third-order valence-electron chi connectivity index (χ3n) is 13.1. The van der Waals surface area contributed by atoms with Gasteiger partial charge in [-0.05, 0) is 60.7 Å². The van der Waals surface area contributed by atoms with Crippen molar-refractivity contribution in [3.8, 4) is 33.6 Å². The van der Waals surface area contributed by atoms with Gasteiger partial charge in [-0.3, -0.25) is 0 Å². The smallest absolute Gasteiger partial charge is 0.308 e. The molecular formula is C56H28F8N2S2. The maximum absolute atomic E-state index is 17.4. The summed E-state index contributed by atoms with van der Waals surface area (Å²) in [6.45, 7) is 0. The molecule has 2 nitrogen and oxygen atoms in total. The van der Waals surface area contributed by atoms with Crippen molar-refractivity contribution in [2.75, 3.05) is 0 Å². The van der Waals surface area contributed by atoms with Crippen molar-refractivity contribution in [1.29, 1.82) is 0 Å². The summed E-state index contributed by atoms with van der Waals surface area (Å²) in [7, 11) is 0. The van der Waals surface area contributed by atoms with E-state index in [9.17, 15) is 0 Å². The average molecular weight is 945 g/mol. The molecule has 0 saturated carbocycles. The number of hydrogen-bond acceptors (Lipinski definition) is 2. The van der Waals surface area contributed by atoms with Crippen LogP contribution in [0, 0.1) is 11.6 Å². The first kappa shape index (κ1) is 40.7. The van der Waals surface area contributed by atoms with Gasteiger partial charge in [0, 0.05) is 84.1 Å². The second-order valence-electron chi connectivity index (χ2n) is 16.7. The SMILES string of the molecule is Fc1ccccc1-c1c(-n2c3ccccc3c3c4c(ccc32)sc2ccccc24)c(C(F)(F)F)c(-n2c3ccccc3c3c4c(ccc32)sc2ccccc24)c(-c2ccccc2F)c1C(F)(F)F. The lowest BCUT2D eigenvalue weighted by Gasteiger charge is -2.31. The lowest BCUT2D eigenvalue weighted by Crippen LogP contribution is -2.23. The fourth-order valence-electron chi connectivity index (χ4n) is 10.6. The Kier molecular flexibility index (Phi) is 8.67. The normalized spacial score (nSPS) is 12.7. The molecule has 0 fully saturated rings. The second-order valence-corrected chi connectivity index (χ2v) is 18.9. The van der Waals surface area contributed by atoms with Crippen LogP contribution in [0.4, 0.5) is 35.1 Å². The number of hydrogen-bond donors (Lipinski definition) is 0. The van der Waals surface area contributed by atoms with Crippen LogP contribution in [0.25, 0.3) is 118 Å². The van der Waals surface area contributed by atoms with E-state index in [1.165, 1.54) is 56.1 Å². The van der Waals surface area contributed by atoms with E-state index in [0.717, 1.165) is 53.8 Å². The van der Waals surface area contributed by atoms with E-state index in [0.29, 0.717) is 32.3 Å². The Morgan fingerprint density at radius 1 is 0.324 bits per heavy atom. The van der Waals surface area contributed by atoms with Gasteiger partial charge >= 0.3 is 12.4 Å². The Balaban J connectivity index is 1.36. The Bertz CT molecular complexity index is 4020. The zero-order chi connectivity index (χ0) is 46.4. The largest absolute Gasteiger partial charge is 0.420 e. The van der Waals surface area contributed by atoms with Gasteiger partial charge in [-0.2, -0.15) is 26.3 Å². The molecule has 4 heterocycles. The number of benzene rings is 9. The lowest BCUT2D eigenvalue weighted by molar-refractivity contribution is -0.140. The highest BCUT2D eigenvalue weighted by Gasteiger charge is 2.49. The van der Waals surface area contributed by atoms with E-state index in [-0.39, 0.29) is 22.1 Å². The number of alkyl halides is 6. The van der Waals surface area contributed by atoms with Crippen LogP contribution in [0.2, 0.25) is 0 Å². The fraction of sp³-hybridized carbons (Fsp3) is 0.0357. The van der Waals surface area contributed by atoms with Crippen LogP contribution in [0.5, 0.6) is 0 Å². The monoisotopic (exact) mass is 944 g/mol. The minimum atomic E-state index is -5.52. The third kappa shape index (κ3) is 5.67. The van der Waals surface area contributed by atoms with Gasteiger partial charge in [0.2, 0.25) is 0 Å². The Morgan fingerprint density at radius 2 is 0.691 bits per heavy atom. The van der Waals surface area contributed by atoms with E-state index in [4.69, 9.17) is 0 Å². The summed E-state index contributed by atoms with van der Waals surface area (Å²) in [5.74, 6) is -2.40. The molecule has 4 aromatic heterocycles. The van der Waals surface area contributed by atoms with E-state index in [2.05, 4.69) is 0 Å². The van der Waals surface area contributed by atoms with E-state index in [1.54, 1.807) is 72.8 Å². The summed E-state index contributed by atoms with van der Waals surface area (Å²) in [6.07, 6.45) is -11.0. The zero-order valence-electron chi connectivity index (χ0n) is 34.9. The summed E-state index contributed by atoms with van der Waals surface area (Å²) < 4.78 is 143. The molecule has 0 saturated heterocycles. The molecule has 0 aliphatic heterocycles. The van der Waals surface area contributed by atoms with Crippen LogP contribution in [-0.4, -0.2) is 9.13 Å². The molecule has 0 aliphatic carbocycles. The van der Waals surface area contributed by atoms with Crippen molar-refractivity contribution in [2.24, 2.45) is 0 Å². The quantitative estimate of drug-likeness (QED) is 0.156. The number of rotatable bonds is 4. The number of thiophene rings is 2. The van der Waals surface area contributed by atoms with Crippen LogP contribution < -0.4 is 0 Å². The summed E-state index contributed by atoms with van der Waals surface area (Å²) in [4.78, 5) is 0. The first-order chi connectivity index (χ1) is 32.9. The predicted molar refractivity (Wildman–Crippen MR) is 262 cm³/mol. The fourth-order valence-corrected chi connectivity index (χ4v) is 12.8. The lowest BCUT2D eigenvalue weighted by atomic mass is 9.84. The summed E-state index contributed by atoms with van der Waals surface area (Å²) in [5.41, 5.74) is -8.09. The van der Waals surface area contributed by atoms with Gasteiger partial charge in [0.05, 0.1) is 39.0 Å². The molecule has 0 aliphatic rings. The van der Waals surface area contributed by atoms with Gasteiger partial charge < -0.3 is 9.13 Å². The van der Waals surface area contributed by atoms with Gasteiger partial charge in [0.15, 0.2) is 0 Å². The molecule has 12 heteroatoms. The Morgan fingerprint density at radius 3 is 1.10 bits per heavy atom. The van der Waals surface area contributed by atoms with E-state index < -0.39 is 68.7 Å². The molecule has 0 N–H and O–H groups in total. The maximum atomic E-state index is 17.4.